The third kappa shape index (κ3) is 6.18. The van der Waals surface area contributed by atoms with E-state index >= 15 is 0 Å². The van der Waals surface area contributed by atoms with Gasteiger partial charge in [0.1, 0.15) is 0 Å². The summed E-state index contributed by atoms with van der Waals surface area (Å²) >= 11 is 0. The van der Waals surface area contributed by atoms with Gasteiger partial charge in [-0.2, -0.15) is 5.10 Å². The number of carbonyl (C=O) groups is 1. The van der Waals surface area contributed by atoms with Gasteiger partial charge in [-0.1, -0.05) is 37.3 Å². The highest BCUT2D eigenvalue weighted by Crippen LogP contribution is 2.13. The van der Waals surface area contributed by atoms with Gasteiger partial charge in [0.15, 0.2) is 0 Å². The van der Waals surface area contributed by atoms with E-state index in [1.54, 1.807) is 31.3 Å². The van der Waals surface area contributed by atoms with Crippen LogP contribution in [-0.2, 0) is 23.1 Å². The van der Waals surface area contributed by atoms with E-state index in [4.69, 9.17) is 0 Å². The molecule has 0 spiro atoms. The monoisotopic (exact) mass is 412 g/mol. The molecule has 0 unspecified atom stereocenters. The standard InChI is InChI=1S/C21H24N4O3S/c1-2-12-29(27,28)24-20-9-4-8-19(14-20)21(26)22-15-17-6-3-7-18(13-17)16-25-11-5-10-23-25/h3-11,13-14,24H,2,12,15-16H2,1H3,(H,22,26). The molecule has 1 amide bonds. The number of hydrogen-bond acceptors (Lipinski definition) is 4. The molecule has 0 aliphatic carbocycles. The van der Waals surface area contributed by atoms with E-state index in [0.717, 1.165) is 11.1 Å². The molecule has 1 aromatic heterocycles. The Kier molecular flexibility index (Phi) is 6.66. The Morgan fingerprint density at radius 2 is 1.86 bits per heavy atom. The van der Waals surface area contributed by atoms with Crippen LogP contribution in [0.3, 0.4) is 0 Å². The molecule has 3 aromatic rings. The summed E-state index contributed by atoms with van der Waals surface area (Å²) in [5.41, 5.74) is 2.84. The van der Waals surface area contributed by atoms with Crippen LogP contribution >= 0.6 is 0 Å². The molecule has 8 heteroatoms. The van der Waals surface area contributed by atoms with Crippen molar-refractivity contribution in [1.82, 2.24) is 15.1 Å². The van der Waals surface area contributed by atoms with Crippen molar-refractivity contribution in [1.29, 1.82) is 0 Å². The number of hydrogen-bond donors (Lipinski definition) is 2. The predicted octanol–water partition coefficient (Wildman–Crippen LogP) is 3.01. The van der Waals surface area contributed by atoms with Gasteiger partial charge in [0.05, 0.1) is 12.3 Å². The van der Waals surface area contributed by atoms with Crippen molar-refractivity contribution in [3.8, 4) is 0 Å². The highest BCUT2D eigenvalue weighted by Gasteiger charge is 2.11. The molecule has 0 aliphatic rings. The third-order valence-electron chi connectivity index (χ3n) is 4.22. The summed E-state index contributed by atoms with van der Waals surface area (Å²) in [6.07, 6.45) is 4.16. The topological polar surface area (TPSA) is 93.1 Å². The van der Waals surface area contributed by atoms with Crippen molar-refractivity contribution in [2.45, 2.75) is 26.4 Å². The molecule has 0 aliphatic heterocycles. The van der Waals surface area contributed by atoms with Crippen LogP contribution in [0.25, 0.3) is 0 Å². The number of carbonyl (C=O) groups excluding carboxylic acids is 1. The largest absolute Gasteiger partial charge is 0.348 e. The summed E-state index contributed by atoms with van der Waals surface area (Å²) in [4.78, 5) is 12.5. The van der Waals surface area contributed by atoms with Crippen molar-refractivity contribution >= 4 is 21.6 Å². The first kappa shape index (κ1) is 20.6. The fraction of sp³-hybridized carbons (Fsp3) is 0.238. The van der Waals surface area contributed by atoms with Crippen molar-refractivity contribution in [2.24, 2.45) is 0 Å². The molecular formula is C21H24N4O3S. The van der Waals surface area contributed by atoms with Gasteiger partial charge in [-0.25, -0.2) is 8.42 Å². The first-order valence-electron chi connectivity index (χ1n) is 9.39. The molecule has 0 saturated carbocycles. The molecule has 7 nitrogen and oxygen atoms in total. The molecule has 2 N–H and O–H groups in total. The maximum atomic E-state index is 12.5. The van der Waals surface area contributed by atoms with E-state index in [-0.39, 0.29) is 11.7 Å². The number of nitrogens with zero attached hydrogens (tertiary/aromatic N) is 2. The normalized spacial score (nSPS) is 11.2. The smallest absolute Gasteiger partial charge is 0.251 e. The number of aromatic nitrogens is 2. The van der Waals surface area contributed by atoms with E-state index in [9.17, 15) is 13.2 Å². The lowest BCUT2D eigenvalue weighted by Gasteiger charge is -2.10. The summed E-state index contributed by atoms with van der Waals surface area (Å²) < 4.78 is 28.2. The van der Waals surface area contributed by atoms with Gasteiger partial charge in [-0.15, -0.1) is 0 Å². The van der Waals surface area contributed by atoms with Crippen LogP contribution < -0.4 is 10.0 Å². The lowest BCUT2D eigenvalue weighted by Crippen LogP contribution is -2.23. The average Bonchev–Trinajstić information content (AvgIpc) is 3.19. The second kappa shape index (κ2) is 9.38. The molecule has 2 aromatic carbocycles. The van der Waals surface area contributed by atoms with Crippen molar-refractivity contribution in [2.75, 3.05) is 10.5 Å². The predicted molar refractivity (Wildman–Crippen MR) is 113 cm³/mol. The zero-order chi connectivity index (χ0) is 20.7. The zero-order valence-electron chi connectivity index (χ0n) is 16.2. The van der Waals surface area contributed by atoms with Crippen molar-refractivity contribution in [3.05, 3.63) is 83.7 Å². The van der Waals surface area contributed by atoms with Crippen LogP contribution in [0, 0.1) is 0 Å². The Morgan fingerprint density at radius 3 is 2.62 bits per heavy atom. The first-order valence-corrected chi connectivity index (χ1v) is 11.0. The molecule has 0 radical (unpaired) electrons. The van der Waals surface area contributed by atoms with Gasteiger partial charge < -0.3 is 5.32 Å². The third-order valence-corrected chi connectivity index (χ3v) is 5.71. The van der Waals surface area contributed by atoms with Gasteiger partial charge in [0.25, 0.3) is 5.91 Å². The molecule has 1 heterocycles. The molecular weight excluding hydrogens is 388 g/mol. The summed E-state index contributed by atoms with van der Waals surface area (Å²) in [6, 6.07) is 16.3. The molecule has 0 atom stereocenters. The summed E-state index contributed by atoms with van der Waals surface area (Å²) in [7, 11) is -3.40. The second-order valence-corrected chi connectivity index (χ2v) is 8.55. The highest BCUT2D eigenvalue weighted by molar-refractivity contribution is 7.92. The molecule has 3 rings (SSSR count). The summed E-state index contributed by atoms with van der Waals surface area (Å²) in [5, 5.41) is 7.08. The number of amides is 1. The maximum absolute atomic E-state index is 12.5. The van der Waals surface area contributed by atoms with Crippen LogP contribution in [0.15, 0.2) is 67.0 Å². The molecule has 0 saturated heterocycles. The maximum Gasteiger partial charge on any atom is 0.251 e. The molecule has 0 bridgehead atoms. The van der Waals surface area contributed by atoms with Gasteiger partial charge in [-0.3, -0.25) is 14.2 Å². The number of sulfonamides is 1. The van der Waals surface area contributed by atoms with Gasteiger partial charge in [0.2, 0.25) is 10.0 Å². The Bertz CT molecular complexity index is 1060. The summed E-state index contributed by atoms with van der Waals surface area (Å²) in [6.45, 7) is 2.83. The van der Waals surface area contributed by atoms with E-state index in [0.29, 0.717) is 30.8 Å². The zero-order valence-corrected chi connectivity index (χ0v) is 17.0. The molecule has 29 heavy (non-hydrogen) atoms. The van der Waals surface area contributed by atoms with Crippen molar-refractivity contribution in [3.63, 3.8) is 0 Å². The van der Waals surface area contributed by atoms with Gasteiger partial charge >= 0.3 is 0 Å². The highest BCUT2D eigenvalue weighted by atomic mass is 32.2. The van der Waals surface area contributed by atoms with Crippen LogP contribution in [0.2, 0.25) is 0 Å². The quantitative estimate of drug-likeness (QED) is 0.565. The first-order chi connectivity index (χ1) is 13.9. The number of rotatable bonds is 9. The van der Waals surface area contributed by atoms with Crippen LogP contribution in [0.4, 0.5) is 5.69 Å². The Hall–Kier alpha value is -3.13. The van der Waals surface area contributed by atoms with E-state index in [1.807, 2.05) is 41.2 Å². The minimum atomic E-state index is -3.40. The van der Waals surface area contributed by atoms with Gasteiger partial charge in [0, 0.05) is 30.2 Å². The Morgan fingerprint density at radius 1 is 1.07 bits per heavy atom. The Labute approximate surface area is 170 Å². The fourth-order valence-electron chi connectivity index (χ4n) is 2.93. The minimum absolute atomic E-state index is 0.0400. The van der Waals surface area contributed by atoms with Gasteiger partial charge in [-0.05, 0) is 41.8 Å². The van der Waals surface area contributed by atoms with Crippen LogP contribution in [0.1, 0.15) is 34.8 Å². The number of benzene rings is 2. The number of nitrogens with one attached hydrogen (secondary N) is 2. The van der Waals surface area contributed by atoms with E-state index < -0.39 is 10.0 Å². The minimum Gasteiger partial charge on any atom is -0.348 e. The summed E-state index contributed by atoms with van der Waals surface area (Å²) in [5.74, 6) is -0.225. The van der Waals surface area contributed by atoms with E-state index in [2.05, 4.69) is 15.1 Å². The lowest BCUT2D eigenvalue weighted by molar-refractivity contribution is 0.0951. The van der Waals surface area contributed by atoms with Crippen LogP contribution in [0.5, 0.6) is 0 Å². The average molecular weight is 413 g/mol. The SMILES string of the molecule is CCCS(=O)(=O)Nc1cccc(C(=O)NCc2cccc(Cn3cccn3)c2)c1. The van der Waals surface area contributed by atoms with E-state index in [1.165, 1.54) is 6.07 Å². The Balaban J connectivity index is 1.61. The fourth-order valence-corrected chi connectivity index (χ4v) is 4.05. The number of anilines is 1. The second-order valence-electron chi connectivity index (χ2n) is 6.71. The lowest BCUT2D eigenvalue weighted by atomic mass is 10.1. The van der Waals surface area contributed by atoms with Crippen LogP contribution in [-0.4, -0.2) is 29.9 Å². The van der Waals surface area contributed by atoms with Crippen molar-refractivity contribution < 1.29 is 13.2 Å². The molecule has 0 fully saturated rings. The molecule has 152 valence electrons.